The number of anilines is 3. The second-order valence-corrected chi connectivity index (χ2v) is 7.92. The molecule has 0 atom stereocenters. The van der Waals surface area contributed by atoms with Crippen LogP contribution in [-0.4, -0.2) is 56.3 Å². The van der Waals surface area contributed by atoms with Crippen molar-refractivity contribution in [3.63, 3.8) is 0 Å². The van der Waals surface area contributed by atoms with E-state index in [9.17, 15) is 4.79 Å². The second kappa shape index (κ2) is 8.99. The van der Waals surface area contributed by atoms with Crippen LogP contribution < -0.4 is 29.9 Å². The first-order valence-electron chi connectivity index (χ1n) is 10.8. The zero-order chi connectivity index (χ0) is 22.8. The molecule has 1 saturated heterocycles. The molecular formula is C23H26N6O4. The average Bonchev–Trinajstić information content (AvgIpc) is 3.51. The maximum absolute atomic E-state index is 12.9. The van der Waals surface area contributed by atoms with Crippen molar-refractivity contribution < 1.29 is 18.7 Å². The minimum Gasteiger partial charge on any atom is -0.493 e. The molecule has 33 heavy (non-hydrogen) atoms. The van der Waals surface area contributed by atoms with Crippen molar-refractivity contribution in [2.24, 2.45) is 0 Å². The first-order chi connectivity index (χ1) is 16.2. The number of rotatable bonds is 6. The summed E-state index contributed by atoms with van der Waals surface area (Å²) in [7, 11) is 3.24. The van der Waals surface area contributed by atoms with Crippen LogP contribution in [0.1, 0.15) is 21.8 Å². The molecule has 0 bridgehead atoms. The first kappa shape index (κ1) is 21.1. The summed E-state index contributed by atoms with van der Waals surface area (Å²) in [5, 5.41) is 6.24. The Labute approximate surface area is 191 Å². The number of hydrogen-bond acceptors (Lipinski definition) is 9. The zero-order valence-corrected chi connectivity index (χ0v) is 18.6. The molecule has 1 aromatic carbocycles. The van der Waals surface area contributed by atoms with E-state index in [4.69, 9.17) is 13.9 Å². The lowest BCUT2D eigenvalue weighted by molar-refractivity contribution is 0.0990. The van der Waals surface area contributed by atoms with E-state index >= 15 is 0 Å². The summed E-state index contributed by atoms with van der Waals surface area (Å²) in [5.74, 6) is 1.50. The maximum atomic E-state index is 12.9. The van der Waals surface area contributed by atoms with E-state index in [1.165, 1.54) is 0 Å². The maximum Gasteiger partial charge on any atom is 0.311 e. The molecule has 4 heterocycles. The topological polar surface area (TPSA) is 105 Å². The largest absolute Gasteiger partial charge is 0.493 e. The van der Waals surface area contributed by atoms with Gasteiger partial charge in [0.15, 0.2) is 11.5 Å². The molecule has 10 heteroatoms. The molecule has 2 aliphatic heterocycles. The molecule has 0 aliphatic carbocycles. The molecular weight excluding hydrogens is 424 g/mol. The van der Waals surface area contributed by atoms with Crippen molar-refractivity contribution in [1.82, 2.24) is 15.3 Å². The minimum atomic E-state index is -0.411. The molecule has 0 saturated carbocycles. The number of fused-ring (bicyclic) bond motifs is 1. The number of hydrogen-bond donors (Lipinski definition) is 2. The fourth-order valence-electron chi connectivity index (χ4n) is 4.24. The van der Waals surface area contributed by atoms with Gasteiger partial charge in [0.25, 0.3) is 5.89 Å². The van der Waals surface area contributed by atoms with Crippen LogP contribution in [0, 0.1) is 0 Å². The van der Waals surface area contributed by atoms with Gasteiger partial charge in [-0.05, 0) is 29.3 Å². The highest BCUT2D eigenvalue weighted by atomic mass is 16.5. The smallest absolute Gasteiger partial charge is 0.311 e. The molecule has 5 rings (SSSR count). The standard InChI is InChI=1S/C23H26N6O4/c1-31-19-9-15-13-29(14-16(15)10-20(19)32-2)21-12-26-23(33-21)22(30)27-17-11-25-4-3-18(17)28-7-5-24-6-8-28/h3-4,9-12,24H,5-8,13-14H2,1-2H3,(H,27,30). The van der Waals surface area contributed by atoms with E-state index in [-0.39, 0.29) is 5.89 Å². The Morgan fingerprint density at radius 2 is 1.76 bits per heavy atom. The number of aromatic nitrogens is 2. The van der Waals surface area contributed by atoms with E-state index in [0.717, 1.165) is 43.0 Å². The summed E-state index contributed by atoms with van der Waals surface area (Å²) in [4.78, 5) is 25.5. The molecule has 0 unspecified atom stereocenters. The highest BCUT2D eigenvalue weighted by Crippen LogP contribution is 2.37. The fourth-order valence-corrected chi connectivity index (χ4v) is 4.24. The number of carbonyl (C=O) groups is 1. The first-order valence-corrected chi connectivity index (χ1v) is 10.8. The lowest BCUT2D eigenvalue weighted by Crippen LogP contribution is -2.43. The van der Waals surface area contributed by atoms with Crippen LogP contribution in [-0.2, 0) is 13.1 Å². The summed E-state index contributed by atoms with van der Waals surface area (Å²) in [6.07, 6.45) is 4.96. The Morgan fingerprint density at radius 1 is 1.06 bits per heavy atom. The molecule has 0 radical (unpaired) electrons. The third-order valence-corrected chi connectivity index (χ3v) is 5.93. The number of carbonyl (C=O) groups excluding carboxylic acids is 1. The highest BCUT2D eigenvalue weighted by Gasteiger charge is 2.26. The van der Waals surface area contributed by atoms with Gasteiger partial charge in [-0.3, -0.25) is 9.78 Å². The predicted octanol–water partition coefficient (Wildman–Crippen LogP) is 2.27. The summed E-state index contributed by atoms with van der Waals surface area (Å²) in [5.41, 5.74) is 3.80. The van der Waals surface area contributed by atoms with E-state index in [0.29, 0.717) is 36.2 Å². The van der Waals surface area contributed by atoms with E-state index < -0.39 is 5.91 Å². The second-order valence-electron chi connectivity index (χ2n) is 7.92. The Hall–Kier alpha value is -3.79. The third-order valence-electron chi connectivity index (χ3n) is 5.93. The van der Waals surface area contributed by atoms with Crippen LogP contribution in [0.5, 0.6) is 11.5 Å². The summed E-state index contributed by atoms with van der Waals surface area (Å²) >= 11 is 0. The molecule has 10 nitrogen and oxygen atoms in total. The van der Waals surface area contributed by atoms with Gasteiger partial charge in [0.1, 0.15) is 0 Å². The van der Waals surface area contributed by atoms with Gasteiger partial charge in [-0.15, -0.1) is 0 Å². The Bertz CT molecular complexity index is 1120. The van der Waals surface area contributed by atoms with E-state index in [2.05, 4.69) is 25.5 Å². The molecule has 2 aromatic heterocycles. The third kappa shape index (κ3) is 4.17. The lowest BCUT2D eigenvalue weighted by atomic mass is 10.1. The quantitative estimate of drug-likeness (QED) is 0.585. The number of benzene rings is 1. The molecule has 3 aromatic rings. The van der Waals surface area contributed by atoms with Crippen LogP contribution in [0.2, 0.25) is 0 Å². The molecule has 2 aliphatic rings. The van der Waals surface area contributed by atoms with Crippen molar-refractivity contribution in [3.8, 4) is 11.5 Å². The normalized spacial score (nSPS) is 15.3. The average molecular weight is 450 g/mol. The fraction of sp³-hybridized carbons (Fsp3) is 0.348. The van der Waals surface area contributed by atoms with Crippen molar-refractivity contribution >= 4 is 23.2 Å². The number of nitrogens with zero attached hydrogens (tertiary/aromatic N) is 4. The number of oxazole rings is 1. The van der Waals surface area contributed by atoms with Gasteiger partial charge >= 0.3 is 5.91 Å². The van der Waals surface area contributed by atoms with E-state index in [1.807, 2.05) is 23.1 Å². The number of amides is 1. The molecule has 2 N–H and O–H groups in total. The van der Waals surface area contributed by atoms with Crippen LogP contribution >= 0.6 is 0 Å². The molecule has 172 valence electrons. The van der Waals surface area contributed by atoms with Gasteiger partial charge in [0, 0.05) is 45.5 Å². The van der Waals surface area contributed by atoms with Gasteiger partial charge in [0.05, 0.1) is 38.0 Å². The van der Waals surface area contributed by atoms with Crippen LogP contribution in [0.15, 0.2) is 41.2 Å². The van der Waals surface area contributed by atoms with Gasteiger partial charge in [0.2, 0.25) is 5.88 Å². The highest BCUT2D eigenvalue weighted by molar-refractivity contribution is 6.03. The van der Waals surface area contributed by atoms with Gasteiger partial charge in [-0.2, -0.15) is 0 Å². The minimum absolute atomic E-state index is 0.00577. The van der Waals surface area contributed by atoms with Gasteiger partial charge in [-0.1, -0.05) is 0 Å². The number of methoxy groups -OCH3 is 2. The predicted molar refractivity (Wildman–Crippen MR) is 123 cm³/mol. The van der Waals surface area contributed by atoms with Crippen molar-refractivity contribution in [3.05, 3.63) is 53.8 Å². The Kier molecular flexibility index (Phi) is 5.74. The molecule has 0 spiro atoms. The van der Waals surface area contributed by atoms with Gasteiger partial charge < -0.3 is 34.3 Å². The Balaban J connectivity index is 1.30. The van der Waals surface area contributed by atoms with E-state index in [1.54, 1.807) is 32.8 Å². The van der Waals surface area contributed by atoms with Crippen molar-refractivity contribution in [2.75, 3.05) is 55.5 Å². The number of piperazine rings is 1. The summed E-state index contributed by atoms with van der Waals surface area (Å²) in [6, 6.07) is 5.85. The van der Waals surface area contributed by atoms with Crippen LogP contribution in [0.25, 0.3) is 0 Å². The monoisotopic (exact) mass is 450 g/mol. The van der Waals surface area contributed by atoms with Crippen LogP contribution in [0.3, 0.4) is 0 Å². The molecule has 1 fully saturated rings. The SMILES string of the molecule is COc1cc2c(cc1OC)CN(c1cnc(C(=O)Nc3cnccc3N3CCNCC3)o1)C2. The Morgan fingerprint density at radius 3 is 2.42 bits per heavy atom. The van der Waals surface area contributed by atoms with Crippen molar-refractivity contribution in [2.45, 2.75) is 13.1 Å². The number of ether oxygens (including phenoxy) is 2. The summed E-state index contributed by atoms with van der Waals surface area (Å²) < 4.78 is 16.6. The number of nitrogens with one attached hydrogen (secondary N) is 2. The van der Waals surface area contributed by atoms with Gasteiger partial charge in [-0.25, -0.2) is 4.98 Å². The molecule has 1 amide bonds. The number of pyridine rings is 1. The van der Waals surface area contributed by atoms with Crippen molar-refractivity contribution in [1.29, 1.82) is 0 Å². The van der Waals surface area contributed by atoms with Crippen LogP contribution in [0.4, 0.5) is 17.3 Å². The zero-order valence-electron chi connectivity index (χ0n) is 18.6. The summed E-state index contributed by atoms with van der Waals surface area (Å²) in [6.45, 7) is 4.77. The lowest BCUT2D eigenvalue weighted by Gasteiger charge is -2.30.